The zero-order valence-corrected chi connectivity index (χ0v) is 32.3. The van der Waals surface area contributed by atoms with Crippen molar-refractivity contribution in [1.29, 1.82) is 0 Å². The van der Waals surface area contributed by atoms with Gasteiger partial charge in [-0.25, -0.2) is 0 Å². The average Bonchev–Trinajstić information content (AvgIpc) is 3.86. The Hall–Kier alpha value is -6.66. The third kappa shape index (κ3) is 4.41. The van der Waals surface area contributed by atoms with Crippen LogP contribution in [-0.4, -0.2) is 6.71 Å². The number of anilines is 6. The van der Waals surface area contributed by atoms with E-state index in [1.54, 1.807) is 0 Å². The van der Waals surface area contributed by atoms with Gasteiger partial charge in [-0.2, -0.15) is 0 Å². The first-order valence-corrected chi connectivity index (χ1v) is 21.2. The number of nitrogens with zero attached hydrogens (tertiary/aromatic N) is 2. The van der Waals surface area contributed by atoms with Crippen molar-refractivity contribution < 1.29 is 0 Å². The van der Waals surface area contributed by atoms with Gasteiger partial charge in [-0.3, -0.25) is 0 Å². The van der Waals surface area contributed by atoms with Crippen LogP contribution in [0.3, 0.4) is 0 Å². The fourth-order valence-corrected chi connectivity index (χ4v) is 12.5. The van der Waals surface area contributed by atoms with Crippen molar-refractivity contribution >= 4 is 131 Å². The van der Waals surface area contributed by atoms with Gasteiger partial charge in [-0.05, 0) is 104 Å². The maximum absolute atomic E-state index is 2.55. The van der Waals surface area contributed by atoms with Crippen LogP contribution in [0.1, 0.15) is 0 Å². The lowest BCUT2D eigenvalue weighted by molar-refractivity contribution is 1.28. The Morgan fingerprint density at radius 1 is 0.333 bits per heavy atom. The van der Waals surface area contributed by atoms with Crippen molar-refractivity contribution in [2.24, 2.45) is 0 Å². The highest BCUT2D eigenvalue weighted by Crippen LogP contribution is 2.50. The van der Waals surface area contributed by atoms with Crippen LogP contribution in [0.2, 0.25) is 0 Å². The van der Waals surface area contributed by atoms with E-state index in [2.05, 4.69) is 198 Å². The smallest absolute Gasteiger partial charge is 0.277 e. The first-order chi connectivity index (χ1) is 28.3. The minimum Gasteiger partial charge on any atom is -0.310 e. The van der Waals surface area contributed by atoms with Gasteiger partial charge in [-0.1, -0.05) is 133 Å². The van der Waals surface area contributed by atoms with Gasteiger partial charge in [0.05, 0.1) is 11.4 Å². The fraction of sp³-hybridized carbons (Fsp3) is 0. The second-order valence-corrected chi connectivity index (χ2v) is 17.3. The summed E-state index contributed by atoms with van der Waals surface area (Å²) in [5.74, 6) is 0. The normalized spacial score (nSPS) is 13.2. The minimum absolute atomic E-state index is 0.134. The average molecular weight is 759 g/mol. The molecule has 0 aliphatic carbocycles. The lowest BCUT2D eigenvalue weighted by Crippen LogP contribution is -2.59. The van der Waals surface area contributed by atoms with E-state index in [-0.39, 0.29) is 6.71 Å². The van der Waals surface area contributed by atoms with Gasteiger partial charge in [0.25, 0.3) is 6.71 Å². The summed E-state index contributed by atoms with van der Waals surface area (Å²) in [5, 5.41) is 10.4. The molecule has 4 heterocycles. The maximum Gasteiger partial charge on any atom is 0.277 e. The molecule has 0 bridgehead atoms. The Labute approximate surface area is 338 Å². The summed E-state index contributed by atoms with van der Waals surface area (Å²) in [6.07, 6.45) is 0. The van der Waals surface area contributed by atoms with Gasteiger partial charge < -0.3 is 9.80 Å². The molecule has 5 heteroatoms. The van der Waals surface area contributed by atoms with Gasteiger partial charge >= 0.3 is 0 Å². The molecule has 11 aromatic rings. The largest absolute Gasteiger partial charge is 0.310 e. The Bertz CT molecular complexity index is 3400. The van der Waals surface area contributed by atoms with Crippen molar-refractivity contribution in [3.05, 3.63) is 188 Å². The molecule has 0 atom stereocenters. The number of thiophene rings is 2. The molecular weight excluding hydrogens is 728 g/mol. The molecule has 2 nitrogen and oxygen atoms in total. The molecule has 264 valence electrons. The number of para-hydroxylation sites is 1. The maximum atomic E-state index is 2.55. The highest BCUT2D eigenvalue weighted by atomic mass is 32.1. The molecule has 0 radical (unpaired) electrons. The highest BCUT2D eigenvalue weighted by Gasteiger charge is 2.46. The molecule has 0 saturated carbocycles. The lowest BCUT2D eigenvalue weighted by Gasteiger charge is -2.42. The van der Waals surface area contributed by atoms with E-state index in [1.807, 2.05) is 22.7 Å². The van der Waals surface area contributed by atoms with E-state index in [1.165, 1.54) is 113 Å². The van der Waals surface area contributed by atoms with Crippen molar-refractivity contribution in [1.82, 2.24) is 0 Å². The summed E-state index contributed by atoms with van der Waals surface area (Å²) in [6.45, 7) is 0.134. The van der Waals surface area contributed by atoms with Crippen LogP contribution in [0.5, 0.6) is 0 Å². The number of hydrogen-bond acceptors (Lipinski definition) is 4. The van der Waals surface area contributed by atoms with Crippen LogP contribution in [0, 0.1) is 0 Å². The zero-order valence-electron chi connectivity index (χ0n) is 30.7. The van der Waals surface area contributed by atoms with E-state index in [4.69, 9.17) is 0 Å². The van der Waals surface area contributed by atoms with Crippen molar-refractivity contribution in [3.63, 3.8) is 0 Å². The van der Waals surface area contributed by atoms with E-state index < -0.39 is 0 Å². The van der Waals surface area contributed by atoms with Gasteiger partial charge in [0.2, 0.25) is 0 Å². The molecule has 0 spiro atoms. The van der Waals surface area contributed by atoms with Gasteiger partial charge in [0.1, 0.15) is 0 Å². The first kappa shape index (κ1) is 31.5. The Balaban J connectivity index is 1.02. The molecule has 0 N–H and O–H groups in total. The monoisotopic (exact) mass is 758 g/mol. The molecule has 57 heavy (non-hydrogen) atoms. The van der Waals surface area contributed by atoms with Gasteiger partial charge in [0.15, 0.2) is 0 Å². The molecule has 2 aromatic heterocycles. The standard InChI is InChI=1S/C52H31BN2S2/c1-2-13-34(14-3-1)54-44-21-12-22-45-48(44)53(51-49(54)41-19-8-10-23-46(41)56-51)52-50(42-20-9-11-24-47(42)57-52)55(45)35-28-25-32(26-29-35)33-27-30-40-38-17-5-4-15-36(38)37-16-6-7-18-39(37)43(40)31-33/h1-31H. The summed E-state index contributed by atoms with van der Waals surface area (Å²) in [6, 6.07) is 69.7. The summed E-state index contributed by atoms with van der Waals surface area (Å²) in [4.78, 5) is 5.07. The second kappa shape index (κ2) is 11.9. The van der Waals surface area contributed by atoms with Crippen LogP contribution in [0.15, 0.2) is 188 Å². The first-order valence-electron chi connectivity index (χ1n) is 19.5. The van der Waals surface area contributed by atoms with E-state index in [9.17, 15) is 0 Å². The third-order valence-electron chi connectivity index (χ3n) is 12.2. The zero-order chi connectivity index (χ0) is 37.2. The van der Waals surface area contributed by atoms with E-state index in [0.717, 1.165) is 0 Å². The topological polar surface area (TPSA) is 6.48 Å². The molecule has 0 unspecified atom stereocenters. The summed E-state index contributed by atoms with van der Waals surface area (Å²) in [5.41, 5.74) is 11.3. The molecule has 0 amide bonds. The van der Waals surface area contributed by atoms with Gasteiger partial charge in [0, 0.05) is 52.5 Å². The van der Waals surface area contributed by atoms with Crippen LogP contribution in [0.4, 0.5) is 34.1 Å². The predicted octanol–water partition coefficient (Wildman–Crippen LogP) is 13.3. The Morgan fingerprint density at radius 2 is 0.772 bits per heavy atom. The van der Waals surface area contributed by atoms with E-state index >= 15 is 0 Å². The number of hydrogen-bond donors (Lipinski definition) is 0. The van der Waals surface area contributed by atoms with Crippen LogP contribution >= 0.6 is 22.7 Å². The molecule has 9 aromatic carbocycles. The Kier molecular flexibility index (Phi) is 6.60. The molecule has 2 aliphatic rings. The molecular formula is C52H31BN2S2. The minimum atomic E-state index is 0.134. The van der Waals surface area contributed by atoms with Crippen molar-refractivity contribution in [2.45, 2.75) is 0 Å². The van der Waals surface area contributed by atoms with Crippen molar-refractivity contribution in [2.75, 3.05) is 9.80 Å². The molecule has 2 aliphatic heterocycles. The molecule has 0 saturated heterocycles. The van der Waals surface area contributed by atoms with Gasteiger partial charge in [-0.15, -0.1) is 22.7 Å². The van der Waals surface area contributed by atoms with Crippen LogP contribution in [-0.2, 0) is 0 Å². The number of benzene rings is 9. The highest BCUT2D eigenvalue weighted by molar-refractivity contribution is 7.40. The SMILES string of the molecule is c1ccc(N2c3cccc4c3B(c3sc5ccccc5c32)c2sc3ccccc3c2N4c2ccc(-c3ccc4c5ccccc5c5ccccc5c4c3)cc2)cc1. The van der Waals surface area contributed by atoms with E-state index in [0.29, 0.717) is 0 Å². The predicted molar refractivity (Wildman–Crippen MR) is 249 cm³/mol. The second-order valence-electron chi connectivity index (χ2n) is 15.2. The number of rotatable bonds is 3. The van der Waals surface area contributed by atoms with Crippen LogP contribution in [0.25, 0.3) is 63.6 Å². The molecule has 13 rings (SSSR count). The summed E-state index contributed by atoms with van der Waals surface area (Å²) >= 11 is 3.91. The fourth-order valence-electron chi connectivity index (χ4n) is 9.81. The van der Waals surface area contributed by atoms with Crippen molar-refractivity contribution in [3.8, 4) is 11.1 Å². The summed E-state index contributed by atoms with van der Waals surface area (Å²) in [7, 11) is 0. The summed E-state index contributed by atoms with van der Waals surface area (Å²) < 4.78 is 5.48. The third-order valence-corrected chi connectivity index (χ3v) is 14.7. The quantitative estimate of drug-likeness (QED) is 0.131. The number of fused-ring (bicyclic) bond motifs is 14. The lowest BCUT2D eigenvalue weighted by atomic mass is 9.39. The Morgan fingerprint density at radius 3 is 1.33 bits per heavy atom. The van der Waals surface area contributed by atoms with Crippen LogP contribution < -0.4 is 24.8 Å². The molecule has 0 fully saturated rings.